The third kappa shape index (κ3) is 4.01. The first-order valence-corrected chi connectivity index (χ1v) is 9.44. The second-order valence-electron chi connectivity index (χ2n) is 7.06. The first-order valence-electron chi connectivity index (χ1n) is 9.44. The molecule has 0 saturated carbocycles. The van der Waals surface area contributed by atoms with E-state index in [0.717, 1.165) is 11.3 Å². The number of hydrogen-bond acceptors (Lipinski definition) is 7. The number of benzene rings is 2. The number of nitrogens with zero attached hydrogens (tertiary/aromatic N) is 3. The van der Waals surface area contributed by atoms with E-state index in [-0.39, 0.29) is 6.61 Å². The van der Waals surface area contributed by atoms with E-state index < -0.39 is 30.5 Å². The van der Waals surface area contributed by atoms with Crippen LogP contribution in [0.25, 0.3) is 11.3 Å². The van der Waals surface area contributed by atoms with Crippen LogP contribution in [-0.4, -0.2) is 61.3 Å². The Morgan fingerprint density at radius 1 is 1.00 bits per heavy atom. The molecule has 1 aliphatic rings. The smallest absolute Gasteiger partial charge is 0.127 e. The van der Waals surface area contributed by atoms with Crippen molar-refractivity contribution in [2.75, 3.05) is 6.61 Å². The topological polar surface area (TPSA) is 110 Å². The molecule has 1 aliphatic heterocycles. The number of aliphatic hydroxyl groups excluding tert-OH is 3. The number of ether oxygens (including phenoxy) is 2. The summed E-state index contributed by atoms with van der Waals surface area (Å²) in [6, 6.07) is 16.3. The highest BCUT2D eigenvalue weighted by atomic mass is 16.5. The van der Waals surface area contributed by atoms with Crippen molar-refractivity contribution in [2.45, 2.75) is 37.4 Å². The van der Waals surface area contributed by atoms with Crippen LogP contribution in [0.4, 0.5) is 0 Å². The summed E-state index contributed by atoms with van der Waals surface area (Å²) < 4.78 is 12.9. The molecule has 1 aromatic heterocycles. The number of rotatable bonds is 5. The van der Waals surface area contributed by atoms with Crippen molar-refractivity contribution in [1.82, 2.24) is 15.0 Å². The molecule has 3 N–H and O–H groups in total. The summed E-state index contributed by atoms with van der Waals surface area (Å²) in [6.07, 6.45) is -1.92. The van der Waals surface area contributed by atoms with Gasteiger partial charge in [0, 0.05) is 5.56 Å². The fourth-order valence-electron chi connectivity index (χ4n) is 3.53. The molecule has 3 aromatic rings. The van der Waals surface area contributed by atoms with Crippen molar-refractivity contribution in [3.8, 4) is 22.8 Å². The summed E-state index contributed by atoms with van der Waals surface area (Å²) in [7, 11) is 0. The van der Waals surface area contributed by atoms with Crippen molar-refractivity contribution in [3.63, 3.8) is 0 Å². The zero-order valence-corrected chi connectivity index (χ0v) is 15.9. The van der Waals surface area contributed by atoms with Crippen LogP contribution in [0.5, 0.6) is 11.5 Å². The number of para-hydroxylation sites is 1. The molecule has 1 saturated heterocycles. The first kappa shape index (κ1) is 19.5. The van der Waals surface area contributed by atoms with Gasteiger partial charge in [0.25, 0.3) is 0 Å². The molecule has 0 spiro atoms. The third-order valence-electron chi connectivity index (χ3n) is 5.08. The Morgan fingerprint density at radius 3 is 2.38 bits per heavy atom. The van der Waals surface area contributed by atoms with Crippen LogP contribution in [-0.2, 0) is 4.74 Å². The maximum absolute atomic E-state index is 10.5. The molecule has 5 atom stereocenters. The Kier molecular flexibility index (Phi) is 5.59. The van der Waals surface area contributed by atoms with Gasteiger partial charge in [0.15, 0.2) is 0 Å². The van der Waals surface area contributed by atoms with Crippen LogP contribution in [0.2, 0.25) is 0 Å². The highest BCUT2D eigenvalue weighted by Gasteiger charge is 2.43. The number of aromatic nitrogens is 3. The molecule has 0 amide bonds. The number of aliphatic hydroxyl groups is 3. The Hall–Kier alpha value is -2.78. The Morgan fingerprint density at radius 2 is 1.69 bits per heavy atom. The maximum Gasteiger partial charge on any atom is 0.127 e. The predicted octanol–water partition coefficient (Wildman–Crippen LogP) is 1.78. The van der Waals surface area contributed by atoms with E-state index in [9.17, 15) is 15.3 Å². The molecule has 2 heterocycles. The van der Waals surface area contributed by atoms with Crippen LogP contribution < -0.4 is 4.74 Å². The van der Waals surface area contributed by atoms with E-state index in [1.807, 2.05) is 54.6 Å². The summed E-state index contributed by atoms with van der Waals surface area (Å²) in [6.45, 7) is 1.40. The van der Waals surface area contributed by atoms with Crippen LogP contribution in [0, 0.1) is 0 Å². The van der Waals surface area contributed by atoms with E-state index >= 15 is 0 Å². The molecule has 0 unspecified atom stereocenters. The van der Waals surface area contributed by atoms with E-state index in [1.165, 1.54) is 4.68 Å². The molecular formula is C21H23N3O5. The van der Waals surface area contributed by atoms with Crippen LogP contribution >= 0.6 is 0 Å². The lowest BCUT2D eigenvalue weighted by Gasteiger charge is -2.40. The lowest BCUT2D eigenvalue weighted by atomic mass is 9.93. The van der Waals surface area contributed by atoms with E-state index in [1.54, 1.807) is 13.1 Å². The Bertz CT molecular complexity index is 931. The van der Waals surface area contributed by atoms with Crippen LogP contribution in [0.15, 0.2) is 60.8 Å². The summed E-state index contributed by atoms with van der Waals surface area (Å²) in [5.41, 5.74) is 1.46. The summed E-state index contributed by atoms with van der Waals surface area (Å²) >= 11 is 0. The van der Waals surface area contributed by atoms with Gasteiger partial charge in [0.2, 0.25) is 0 Å². The second-order valence-corrected chi connectivity index (χ2v) is 7.06. The van der Waals surface area contributed by atoms with Crippen molar-refractivity contribution >= 4 is 0 Å². The van der Waals surface area contributed by atoms with Crippen molar-refractivity contribution < 1.29 is 24.8 Å². The molecule has 8 heteroatoms. The molecule has 0 bridgehead atoms. The molecule has 8 nitrogen and oxygen atoms in total. The van der Waals surface area contributed by atoms with Crippen molar-refractivity contribution in [3.05, 3.63) is 60.8 Å². The Labute approximate surface area is 167 Å². The first-order chi connectivity index (χ1) is 14.1. The average Bonchev–Trinajstić information content (AvgIpc) is 3.22. The van der Waals surface area contributed by atoms with Gasteiger partial charge in [0.1, 0.15) is 41.5 Å². The Balaban J connectivity index is 1.50. The van der Waals surface area contributed by atoms with Gasteiger partial charge in [-0.15, -0.1) is 5.10 Å². The van der Waals surface area contributed by atoms with Gasteiger partial charge in [-0.25, -0.2) is 4.68 Å². The predicted molar refractivity (Wildman–Crippen MR) is 104 cm³/mol. The second kappa shape index (κ2) is 8.30. The molecule has 0 aliphatic carbocycles. The lowest BCUT2D eigenvalue weighted by molar-refractivity contribution is -0.200. The van der Waals surface area contributed by atoms with Gasteiger partial charge in [-0.3, -0.25) is 0 Å². The van der Waals surface area contributed by atoms with Gasteiger partial charge in [-0.2, -0.15) is 0 Å². The van der Waals surface area contributed by atoms with E-state index in [0.29, 0.717) is 11.4 Å². The summed E-state index contributed by atoms with van der Waals surface area (Å²) in [4.78, 5) is 0. The molecule has 1 fully saturated rings. The molecule has 4 rings (SSSR count). The molecular weight excluding hydrogens is 374 g/mol. The standard InChI is InChI=1S/C21H23N3O5/c1-13-19(21(27)20(26)18(12-25)28-13)24-11-17(22-23-24)14-7-9-16(10-8-14)29-15-5-3-2-4-6-15/h2-11,13,18-21,25-27H,12H2,1H3/t13-,18+,19-,20-,21+/m0/s1. The van der Waals surface area contributed by atoms with E-state index in [4.69, 9.17) is 9.47 Å². The average molecular weight is 397 g/mol. The third-order valence-corrected chi connectivity index (χ3v) is 5.08. The fraction of sp³-hybridized carbons (Fsp3) is 0.333. The van der Waals surface area contributed by atoms with Gasteiger partial charge >= 0.3 is 0 Å². The van der Waals surface area contributed by atoms with Gasteiger partial charge < -0.3 is 24.8 Å². The van der Waals surface area contributed by atoms with Crippen LogP contribution in [0.3, 0.4) is 0 Å². The zero-order valence-electron chi connectivity index (χ0n) is 15.9. The normalized spacial score (nSPS) is 27.0. The van der Waals surface area contributed by atoms with Gasteiger partial charge in [-0.05, 0) is 43.3 Å². The molecule has 29 heavy (non-hydrogen) atoms. The minimum Gasteiger partial charge on any atom is -0.457 e. The monoisotopic (exact) mass is 397 g/mol. The van der Waals surface area contributed by atoms with Crippen molar-refractivity contribution in [1.29, 1.82) is 0 Å². The van der Waals surface area contributed by atoms with Gasteiger partial charge in [-0.1, -0.05) is 23.4 Å². The lowest BCUT2D eigenvalue weighted by Crippen LogP contribution is -2.55. The van der Waals surface area contributed by atoms with Crippen molar-refractivity contribution in [2.24, 2.45) is 0 Å². The SMILES string of the molecule is C[C@@H]1O[C@H](CO)[C@H](O)[C@H](O)[C@H]1n1cc(-c2ccc(Oc3ccccc3)cc2)nn1. The number of hydrogen-bond donors (Lipinski definition) is 3. The van der Waals surface area contributed by atoms with E-state index in [2.05, 4.69) is 10.3 Å². The zero-order chi connectivity index (χ0) is 20.4. The van der Waals surface area contributed by atoms with Crippen LogP contribution in [0.1, 0.15) is 13.0 Å². The maximum atomic E-state index is 10.5. The highest BCUT2D eigenvalue weighted by Crippen LogP contribution is 2.31. The quantitative estimate of drug-likeness (QED) is 0.602. The molecule has 152 valence electrons. The largest absolute Gasteiger partial charge is 0.457 e. The summed E-state index contributed by atoms with van der Waals surface area (Å²) in [5, 5.41) is 38.2. The molecule has 0 radical (unpaired) electrons. The van der Waals surface area contributed by atoms with Gasteiger partial charge in [0.05, 0.1) is 18.9 Å². The molecule has 2 aromatic carbocycles. The summed E-state index contributed by atoms with van der Waals surface area (Å²) in [5.74, 6) is 1.46. The fourth-order valence-corrected chi connectivity index (χ4v) is 3.53. The minimum atomic E-state index is -1.21. The minimum absolute atomic E-state index is 0.366. The highest BCUT2D eigenvalue weighted by molar-refractivity contribution is 5.59.